The molecule has 1 atom stereocenters. The number of methoxy groups -OCH3 is 2. The Morgan fingerprint density at radius 1 is 1.33 bits per heavy atom. The van der Waals surface area contributed by atoms with E-state index >= 15 is 0 Å². The van der Waals surface area contributed by atoms with Crippen LogP contribution in [-0.4, -0.2) is 45.7 Å². The van der Waals surface area contributed by atoms with Gasteiger partial charge in [-0.2, -0.15) is 4.98 Å². The third-order valence-corrected chi connectivity index (χ3v) is 3.69. The second kappa shape index (κ2) is 4.40. The van der Waals surface area contributed by atoms with Crippen molar-refractivity contribution in [3.05, 3.63) is 12.5 Å². The zero-order chi connectivity index (χ0) is 15.2. The quantitative estimate of drug-likeness (QED) is 0.603. The van der Waals surface area contributed by atoms with Crippen LogP contribution in [0.3, 0.4) is 0 Å². The maximum absolute atomic E-state index is 12.0. The van der Waals surface area contributed by atoms with E-state index in [0.717, 1.165) is 0 Å². The highest BCUT2D eigenvalue weighted by atomic mass is 16.5. The Labute approximate surface area is 119 Å². The molecule has 2 aromatic heterocycles. The smallest absolute Gasteiger partial charge is 0.325 e. The van der Waals surface area contributed by atoms with Gasteiger partial charge in [0.25, 0.3) is 0 Å². The Hall–Kier alpha value is -2.71. The number of rotatable bonds is 3. The fourth-order valence-corrected chi connectivity index (χ4v) is 2.54. The van der Waals surface area contributed by atoms with Crippen molar-refractivity contribution in [2.24, 2.45) is 5.41 Å². The summed E-state index contributed by atoms with van der Waals surface area (Å²) in [5, 5.41) is 0. The molecule has 3 rings (SSSR count). The molecular weight excluding hydrogens is 278 g/mol. The van der Waals surface area contributed by atoms with Crippen LogP contribution in [0.25, 0.3) is 11.2 Å². The predicted octanol–water partition coefficient (Wildman–Crippen LogP) is -0.314. The Kier molecular flexibility index (Phi) is 2.78. The number of anilines is 1. The lowest BCUT2D eigenvalue weighted by Gasteiger charge is -2.13. The summed E-state index contributed by atoms with van der Waals surface area (Å²) in [6, 6.07) is -0.461. The minimum Gasteiger partial charge on any atom is -0.468 e. The summed E-state index contributed by atoms with van der Waals surface area (Å²) >= 11 is 0. The molecule has 1 fully saturated rings. The molecule has 9 nitrogen and oxygen atoms in total. The van der Waals surface area contributed by atoms with Gasteiger partial charge in [-0.05, 0) is 6.42 Å². The van der Waals surface area contributed by atoms with Gasteiger partial charge in [0.05, 0.1) is 32.8 Å². The molecule has 0 saturated heterocycles. The minimum absolute atomic E-state index is 0.0895. The van der Waals surface area contributed by atoms with Gasteiger partial charge in [0.2, 0.25) is 5.95 Å². The van der Waals surface area contributed by atoms with Gasteiger partial charge >= 0.3 is 11.9 Å². The zero-order valence-electron chi connectivity index (χ0n) is 11.4. The molecule has 0 aromatic carbocycles. The molecule has 1 unspecified atom stereocenters. The van der Waals surface area contributed by atoms with Crippen molar-refractivity contribution in [3.8, 4) is 0 Å². The maximum atomic E-state index is 12.0. The summed E-state index contributed by atoms with van der Waals surface area (Å²) in [5.41, 5.74) is 5.20. The number of carbonyl (C=O) groups excluding carboxylic acids is 2. The molecule has 21 heavy (non-hydrogen) atoms. The average Bonchev–Trinajstić information content (AvgIpc) is 3.12. The van der Waals surface area contributed by atoms with Crippen LogP contribution in [0.1, 0.15) is 12.5 Å². The third-order valence-electron chi connectivity index (χ3n) is 3.69. The molecule has 2 N–H and O–H groups in total. The van der Waals surface area contributed by atoms with Crippen LogP contribution in [0.15, 0.2) is 12.5 Å². The lowest BCUT2D eigenvalue weighted by molar-refractivity contribution is -0.161. The highest BCUT2D eigenvalue weighted by molar-refractivity contribution is 6.04. The van der Waals surface area contributed by atoms with Crippen LogP contribution >= 0.6 is 0 Å². The van der Waals surface area contributed by atoms with E-state index in [1.807, 2.05) is 0 Å². The number of fused-ring (bicyclic) bond motifs is 1. The largest absolute Gasteiger partial charge is 0.468 e. The van der Waals surface area contributed by atoms with E-state index in [2.05, 4.69) is 15.0 Å². The number of ether oxygens (including phenoxy) is 2. The Bertz CT molecular complexity index is 724. The summed E-state index contributed by atoms with van der Waals surface area (Å²) in [4.78, 5) is 36.1. The van der Waals surface area contributed by atoms with E-state index in [4.69, 9.17) is 15.2 Å². The first-order chi connectivity index (χ1) is 10.0. The standard InChI is InChI=1S/C12H13N5O4/c1-20-9(18)12(10(19)21-2)3-7(12)17-5-15-6-4-14-11(13)16-8(6)17/h4-5,7H,3H2,1-2H3,(H2,13,14,16). The fourth-order valence-electron chi connectivity index (χ4n) is 2.54. The number of nitrogens with two attached hydrogens (primary N) is 1. The predicted molar refractivity (Wildman–Crippen MR) is 69.9 cm³/mol. The topological polar surface area (TPSA) is 122 Å². The third kappa shape index (κ3) is 1.73. The summed E-state index contributed by atoms with van der Waals surface area (Å²) < 4.78 is 11.1. The van der Waals surface area contributed by atoms with E-state index in [1.165, 1.54) is 26.7 Å². The van der Waals surface area contributed by atoms with Crippen molar-refractivity contribution in [3.63, 3.8) is 0 Å². The number of hydrogen-bond acceptors (Lipinski definition) is 8. The highest BCUT2D eigenvalue weighted by Crippen LogP contribution is 2.58. The zero-order valence-corrected chi connectivity index (χ0v) is 11.4. The molecule has 110 valence electrons. The van der Waals surface area contributed by atoms with Gasteiger partial charge in [0.1, 0.15) is 5.52 Å². The van der Waals surface area contributed by atoms with Crippen molar-refractivity contribution in [2.45, 2.75) is 12.5 Å². The van der Waals surface area contributed by atoms with Gasteiger partial charge in [0.15, 0.2) is 11.1 Å². The molecule has 0 spiro atoms. The van der Waals surface area contributed by atoms with Gasteiger partial charge in [-0.1, -0.05) is 0 Å². The molecule has 1 saturated carbocycles. The fraction of sp³-hybridized carbons (Fsp3) is 0.417. The van der Waals surface area contributed by atoms with E-state index < -0.39 is 23.4 Å². The van der Waals surface area contributed by atoms with Crippen molar-refractivity contribution in [2.75, 3.05) is 20.0 Å². The molecule has 2 heterocycles. The van der Waals surface area contributed by atoms with Crippen LogP contribution in [0, 0.1) is 5.41 Å². The maximum Gasteiger partial charge on any atom is 0.325 e. The van der Waals surface area contributed by atoms with Crippen LogP contribution in [0.4, 0.5) is 5.95 Å². The highest BCUT2D eigenvalue weighted by Gasteiger charge is 2.69. The lowest BCUT2D eigenvalue weighted by atomic mass is 10.1. The van der Waals surface area contributed by atoms with Gasteiger partial charge in [-0.3, -0.25) is 9.59 Å². The Morgan fingerprint density at radius 2 is 2.00 bits per heavy atom. The molecule has 9 heteroatoms. The number of esters is 2. The average molecular weight is 291 g/mol. The second-order valence-corrected chi connectivity index (χ2v) is 4.76. The first-order valence-electron chi connectivity index (χ1n) is 6.16. The summed E-state index contributed by atoms with van der Waals surface area (Å²) in [5.74, 6) is -1.18. The number of hydrogen-bond donors (Lipinski definition) is 1. The Morgan fingerprint density at radius 3 is 2.62 bits per heavy atom. The number of nitrogens with zero attached hydrogens (tertiary/aromatic N) is 4. The monoisotopic (exact) mass is 291 g/mol. The van der Waals surface area contributed by atoms with Crippen molar-refractivity contribution in [1.82, 2.24) is 19.5 Å². The molecule has 0 bridgehead atoms. The Balaban J connectivity index is 2.06. The van der Waals surface area contributed by atoms with Crippen molar-refractivity contribution in [1.29, 1.82) is 0 Å². The molecule has 1 aliphatic rings. The van der Waals surface area contributed by atoms with Gasteiger partial charge in [-0.25, -0.2) is 9.97 Å². The van der Waals surface area contributed by atoms with E-state index in [9.17, 15) is 9.59 Å². The number of carbonyl (C=O) groups is 2. The number of nitrogen functional groups attached to an aromatic ring is 1. The van der Waals surface area contributed by atoms with Crippen LogP contribution in [0.2, 0.25) is 0 Å². The molecular formula is C12H13N5O4. The van der Waals surface area contributed by atoms with E-state index in [1.54, 1.807) is 4.57 Å². The van der Waals surface area contributed by atoms with E-state index in [0.29, 0.717) is 11.2 Å². The van der Waals surface area contributed by atoms with Gasteiger partial charge in [-0.15, -0.1) is 0 Å². The first kappa shape index (κ1) is 13.3. The molecule has 0 aliphatic heterocycles. The van der Waals surface area contributed by atoms with Crippen molar-refractivity contribution >= 4 is 29.1 Å². The summed E-state index contributed by atoms with van der Waals surface area (Å²) in [7, 11) is 2.46. The van der Waals surface area contributed by atoms with Crippen LogP contribution < -0.4 is 5.73 Å². The SMILES string of the molecule is COC(=O)C1(C(=O)OC)CC1n1cnc2cnc(N)nc21. The summed E-state index contributed by atoms with van der Waals surface area (Å²) in [6.07, 6.45) is 3.24. The second-order valence-electron chi connectivity index (χ2n) is 4.76. The number of imidazole rings is 1. The molecule has 0 amide bonds. The van der Waals surface area contributed by atoms with Crippen LogP contribution in [-0.2, 0) is 19.1 Å². The van der Waals surface area contributed by atoms with Gasteiger partial charge < -0.3 is 19.8 Å². The normalized spacial score (nSPS) is 19.2. The van der Waals surface area contributed by atoms with Crippen LogP contribution in [0.5, 0.6) is 0 Å². The summed E-state index contributed by atoms with van der Waals surface area (Å²) in [6.45, 7) is 0. The van der Waals surface area contributed by atoms with Crippen molar-refractivity contribution < 1.29 is 19.1 Å². The number of aromatic nitrogens is 4. The lowest BCUT2D eigenvalue weighted by Crippen LogP contribution is -2.31. The first-order valence-corrected chi connectivity index (χ1v) is 6.16. The molecule has 0 radical (unpaired) electrons. The molecule has 1 aliphatic carbocycles. The van der Waals surface area contributed by atoms with Gasteiger partial charge in [0, 0.05) is 0 Å². The van der Waals surface area contributed by atoms with E-state index in [-0.39, 0.29) is 12.4 Å². The minimum atomic E-state index is -1.35. The molecule has 2 aromatic rings.